The molecule has 27 heavy (non-hydrogen) atoms. The molecule has 0 fully saturated rings. The Kier molecular flexibility index (Phi) is 4.72. The highest BCUT2D eigenvalue weighted by Gasteiger charge is 2.30. The van der Waals surface area contributed by atoms with Crippen molar-refractivity contribution in [1.82, 2.24) is 9.88 Å². The quantitative estimate of drug-likeness (QED) is 0.610. The third-order valence-electron chi connectivity index (χ3n) is 4.57. The topological polar surface area (TPSA) is 60.2 Å². The first kappa shape index (κ1) is 17.8. The van der Waals surface area contributed by atoms with Crippen molar-refractivity contribution >= 4 is 34.3 Å². The molecule has 1 aromatic heterocycles. The summed E-state index contributed by atoms with van der Waals surface area (Å²) in [6.45, 7) is 2.81. The van der Waals surface area contributed by atoms with Crippen LogP contribution in [0, 0.1) is 12.3 Å². The Balaban J connectivity index is 1.57. The van der Waals surface area contributed by atoms with E-state index in [1.165, 1.54) is 16.9 Å². The van der Waals surface area contributed by atoms with E-state index in [0.717, 1.165) is 16.8 Å². The minimum Gasteiger partial charge on any atom is -0.510 e. The van der Waals surface area contributed by atoms with Gasteiger partial charge >= 0.3 is 0 Å². The van der Waals surface area contributed by atoms with Gasteiger partial charge in [-0.3, -0.25) is 5.41 Å². The predicted molar refractivity (Wildman–Crippen MR) is 111 cm³/mol. The van der Waals surface area contributed by atoms with Crippen LogP contribution < -0.4 is 0 Å². The van der Waals surface area contributed by atoms with Crippen LogP contribution in [0.25, 0.3) is 16.8 Å². The molecule has 6 heteroatoms. The van der Waals surface area contributed by atoms with Gasteiger partial charge in [0.05, 0.1) is 17.8 Å². The SMILES string of the molecule is Cc1ccc(-c2csc(C3=C(O)CN(Cc4ccccc4Cl)C3=N)n2)cc1. The van der Waals surface area contributed by atoms with Gasteiger partial charge in [0, 0.05) is 22.5 Å². The van der Waals surface area contributed by atoms with Gasteiger partial charge in [-0.15, -0.1) is 11.3 Å². The van der Waals surface area contributed by atoms with Gasteiger partial charge < -0.3 is 10.0 Å². The van der Waals surface area contributed by atoms with Crippen LogP contribution in [0.1, 0.15) is 16.1 Å². The number of rotatable bonds is 4. The Hall–Kier alpha value is -2.63. The number of aromatic nitrogens is 1. The number of hydrogen-bond acceptors (Lipinski definition) is 4. The van der Waals surface area contributed by atoms with Crippen LogP contribution >= 0.6 is 22.9 Å². The van der Waals surface area contributed by atoms with Gasteiger partial charge in [-0.05, 0) is 18.6 Å². The van der Waals surface area contributed by atoms with Crippen molar-refractivity contribution in [1.29, 1.82) is 5.41 Å². The molecule has 0 saturated carbocycles. The van der Waals surface area contributed by atoms with Crippen molar-refractivity contribution in [3.63, 3.8) is 0 Å². The van der Waals surface area contributed by atoms with Gasteiger partial charge in [0.1, 0.15) is 16.6 Å². The average molecular weight is 396 g/mol. The first-order valence-electron chi connectivity index (χ1n) is 8.55. The normalized spacial score (nSPS) is 14.3. The lowest BCUT2D eigenvalue weighted by Crippen LogP contribution is -2.26. The summed E-state index contributed by atoms with van der Waals surface area (Å²) in [5.74, 6) is 0.453. The van der Waals surface area contributed by atoms with Crippen LogP contribution in [-0.4, -0.2) is 27.4 Å². The van der Waals surface area contributed by atoms with E-state index in [1.807, 2.05) is 60.8 Å². The standard InChI is InChI=1S/C21H18ClN3OS/c1-13-6-8-14(9-7-13)17-12-27-21(24-17)19-18(26)11-25(20(19)23)10-15-4-2-3-5-16(15)22/h2-9,12,23,26H,10-11H2,1H3. The zero-order chi connectivity index (χ0) is 19.0. The minimum absolute atomic E-state index is 0.178. The van der Waals surface area contributed by atoms with Gasteiger partial charge in [-0.1, -0.05) is 59.6 Å². The third kappa shape index (κ3) is 3.48. The monoisotopic (exact) mass is 395 g/mol. The van der Waals surface area contributed by atoms with Crippen molar-refractivity contribution in [2.75, 3.05) is 6.54 Å². The Labute approximate surface area is 166 Å². The molecule has 0 aliphatic carbocycles. The molecule has 0 amide bonds. The van der Waals surface area contributed by atoms with E-state index in [1.54, 1.807) is 4.90 Å². The summed E-state index contributed by atoms with van der Waals surface area (Å²) in [4.78, 5) is 6.46. The van der Waals surface area contributed by atoms with Gasteiger partial charge in [-0.25, -0.2) is 4.98 Å². The van der Waals surface area contributed by atoms with Crippen molar-refractivity contribution in [2.45, 2.75) is 13.5 Å². The summed E-state index contributed by atoms with van der Waals surface area (Å²) in [6.07, 6.45) is 0. The molecule has 136 valence electrons. The molecule has 2 aromatic carbocycles. The molecular formula is C21H18ClN3OS. The lowest BCUT2D eigenvalue weighted by molar-refractivity contribution is 0.347. The van der Waals surface area contributed by atoms with Gasteiger partial charge in [0.2, 0.25) is 0 Å². The number of thiazole rings is 1. The Morgan fingerprint density at radius 1 is 1.19 bits per heavy atom. The highest BCUT2D eigenvalue weighted by molar-refractivity contribution is 7.11. The second kappa shape index (κ2) is 7.18. The minimum atomic E-state index is 0.178. The molecule has 1 aliphatic rings. The van der Waals surface area contributed by atoms with Crippen LogP contribution in [-0.2, 0) is 6.54 Å². The summed E-state index contributed by atoms with van der Waals surface area (Å²) in [7, 11) is 0. The van der Waals surface area contributed by atoms with E-state index < -0.39 is 0 Å². The number of aryl methyl sites for hydroxylation is 1. The maximum Gasteiger partial charge on any atom is 0.135 e. The van der Waals surface area contributed by atoms with Gasteiger partial charge in [0.25, 0.3) is 0 Å². The number of benzene rings is 2. The molecule has 0 bridgehead atoms. The fourth-order valence-electron chi connectivity index (χ4n) is 3.07. The summed E-state index contributed by atoms with van der Waals surface area (Å²) in [6, 6.07) is 15.7. The van der Waals surface area contributed by atoms with Crippen molar-refractivity contribution in [2.24, 2.45) is 0 Å². The van der Waals surface area contributed by atoms with Gasteiger partial charge in [0.15, 0.2) is 0 Å². The maximum atomic E-state index is 10.5. The van der Waals surface area contributed by atoms with E-state index in [2.05, 4.69) is 4.98 Å². The summed E-state index contributed by atoms with van der Waals surface area (Å²) >= 11 is 7.68. The number of aliphatic hydroxyl groups excluding tert-OH is 1. The lowest BCUT2D eigenvalue weighted by atomic mass is 10.1. The lowest BCUT2D eigenvalue weighted by Gasteiger charge is -2.19. The van der Waals surface area contributed by atoms with Crippen LogP contribution in [0.3, 0.4) is 0 Å². The molecule has 1 aliphatic heterocycles. The highest BCUT2D eigenvalue weighted by Crippen LogP contribution is 2.33. The molecule has 2 heterocycles. The molecule has 0 unspecified atom stereocenters. The number of nitrogens with one attached hydrogen (secondary N) is 1. The molecule has 0 saturated heterocycles. The Morgan fingerprint density at radius 3 is 2.67 bits per heavy atom. The molecule has 0 atom stereocenters. The van der Waals surface area contributed by atoms with Crippen molar-refractivity contribution in [3.8, 4) is 11.3 Å². The first-order valence-corrected chi connectivity index (χ1v) is 9.81. The smallest absolute Gasteiger partial charge is 0.135 e. The second-order valence-electron chi connectivity index (χ2n) is 6.52. The molecule has 0 radical (unpaired) electrons. The van der Waals surface area contributed by atoms with E-state index >= 15 is 0 Å². The van der Waals surface area contributed by atoms with Crippen LogP contribution in [0.5, 0.6) is 0 Å². The molecule has 0 spiro atoms. The van der Waals surface area contributed by atoms with Crippen LogP contribution in [0.2, 0.25) is 5.02 Å². The predicted octanol–water partition coefficient (Wildman–Crippen LogP) is 5.53. The molecule has 4 rings (SSSR count). The van der Waals surface area contributed by atoms with E-state index in [4.69, 9.17) is 17.0 Å². The zero-order valence-corrected chi connectivity index (χ0v) is 16.3. The van der Waals surface area contributed by atoms with E-state index in [-0.39, 0.29) is 11.6 Å². The number of halogens is 1. The number of amidine groups is 1. The van der Waals surface area contributed by atoms with Crippen molar-refractivity contribution in [3.05, 3.63) is 80.8 Å². The third-order valence-corrected chi connectivity index (χ3v) is 5.80. The fourth-order valence-corrected chi connectivity index (χ4v) is 4.16. The number of hydrogen-bond donors (Lipinski definition) is 2. The van der Waals surface area contributed by atoms with Crippen molar-refractivity contribution < 1.29 is 5.11 Å². The molecule has 2 N–H and O–H groups in total. The second-order valence-corrected chi connectivity index (χ2v) is 7.79. The van der Waals surface area contributed by atoms with Crippen LogP contribution in [0.4, 0.5) is 0 Å². The number of nitrogens with zero attached hydrogens (tertiary/aromatic N) is 2. The van der Waals surface area contributed by atoms with E-state index in [9.17, 15) is 5.11 Å². The summed E-state index contributed by atoms with van der Waals surface area (Å²) in [5, 5.41) is 22.3. The summed E-state index contributed by atoms with van der Waals surface area (Å²) < 4.78 is 0. The average Bonchev–Trinajstić information content (AvgIpc) is 3.22. The molecule has 4 nitrogen and oxygen atoms in total. The summed E-state index contributed by atoms with van der Waals surface area (Å²) in [5.41, 5.74) is 4.51. The number of aliphatic hydroxyl groups is 1. The zero-order valence-electron chi connectivity index (χ0n) is 14.7. The Bertz CT molecular complexity index is 1040. The van der Waals surface area contributed by atoms with E-state index in [0.29, 0.717) is 28.7 Å². The van der Waals surface area contributed by atoms with Gasteiger partial charge in [-0.2, -0.15) is 0 Å². The highest BCUT2D eigenvalue weighted by atomic mass is 35.5. The van der Waals surface area contributed by atoms with Crippen LogP contribution in [0.15, 0.2) is 59.7 Å². The Morgan fingerprint density at radius 2 is 1.93 bits per heavy atom. The molecular weight excluding hydrogens is 378 g/mol. The fraction of sp³-hybridized carbons (Fsp3) is 0.143. The molecule has 3 aromatic rings. The largest absolute Gasteiger partial charge is 0.510 e. The maximum absolute atomic E-state index is 10.5. The first-order chi connectivity index (χ1) is 13.0.